The Balaban J connectivity index is 2.70. The van der Waals surface area contributed by atoms with Crippen LogP contribution in [0.25, 0.3) is 0 Å². The largest absolute Gasteiger partial charge is 0.497 e. The van der Waals surface area contributed by atoms with Crippen LogP contribution in [0.15, 0.2) is 23.3 Å². The van der Waals surface area contributed by atoms with Gasteiger partial charge in [-0.05, 0) is 32.9 Å². The highest BCUT2D eigenvalue weighted by molar-refractivity contribution is 6.35. The Morgan fingerprint density at radius 2 is 1.82 bits per heavy atom. The van der Waals surface area contributed by atoms with E-state index in [0.29, 0.717) is 17.1 Å². The number of carbonyl (C=O) groups is 2. The highest BCUT2D eigenvalue weighted by Gasteiger charge is 2.19. The summed E-state index contributed by atoms with van der Waals surface area (Å²) in [4.78, 5) is 23.1. The number of amides is 2. The number of nitrogens with zero attached hydrogens (tertiary/aromatic N) is 1. The molecule has 0 bridgehead atoms. The van der Waals surface area contributed by atoms with E-state index in [2.05, 4.69) is 15.8 Å². The Morgan fingerprint density at radius 3 is 2.36 bits per heavy atom. The molecule has 1 rings (SSSR count). The van der Waals surface area contributed by atoms with E-state index in [0.717, 1.165) is 0 Å². The Morgan fingerprint density at radius 1 is 1.14 bits per heavy atom. The molecule has 2 amide bonds. The zero-order chi connectivity index (χ0) is 16.8. The minimum absolute atomic E-state index is 0.489. The van der Waals surface area contributed by atoms with Crippen LogP contribution in [0.5, 0.6) is 11.5 Å². The van der Waals surface area contributed by atoms with Crippen LogP contribution >= 0.6 is 0 Å². The van der Waals surface area contributed by atoms with Gasteiger partial charge < -0.3 is 14.8 Å². The lowest BCUT2D eigenvalue weighted by Gasteiger charge is -2.19. The fraction of sp³-hybridized carbons (Fsp3) is 0.400. The highest BCUT2D eigenvalue weighted by Crippen LogP contribution is 2.22. The summed E-state index contributed by atoms with van der Waals surface area (Å²) in [7, 11) is 3.07. The van der Waals surface area contributed by atoms with Crippen LogP contribution in [0.1, 0.15) is 26.3 Å². The third-order valence-electron chi connectivity index (χ3n) is 2.51. The molecule has 1 aromatic carbocycles. The second-order valence-corrected chi connectivity index (χ2v) is 5.51. The molecule has 0 radical (unpaired) electrons. The zero-order valence-corrected chi connectivity index (χ0v) is 13.4. The summed E-state index contributed by atoms with van der Waals surface area (Å²) < 4.78 is 10.3. The lowest BCUT2D eigenvalue weighted by Crippen LogP contribution is -2.47. The number of carbonyl (C=O) groups excluding carboxylic acids is 2. The van der Waals surface area contributed by atoms with Crippen molar-refractivity contribution >= 4 is 18.0 Å². The van der Waals surface area contributed by atoms with Crippen molar-refractivity contribution in [2.45, 2.75) is 26.3 Å². The molecule has 0 aliphatic heterocycles. The maximum absolute atomic E-state index is 11.6. The third-order valence-corrected chi connectivity index (χ3v) is 2.51. The van der Waals surface area contributed by atoms with Crippen LogP contribution < -0.4 is 20.2 Å². The first-order valence-corrected chi connectivity index (χ1v) is 6.64. The zero-order valence-electron chi connectivity index (χ0n) is 13.4. The van der Waals surface area contributed by atoms with Gasteiger partial charge in [-0.3, -0.25) is 9.59 Å². The molecule has 1 aromatic rings. The van der Waals surface area contributed by atoms with Crippen molar-refractivity contribution in [3.63, 3.8) is 0 Å². The van der Waals surface area contributed by atoms with Gasteiger partial charge in [0.25, 0.3) is 0 Å². The molecular formula is C15H21N3O4. The molecule has 0 spiro atoms. The van der Waals surface area contributed by atoms with E-state index in [4.69, 9.17) is 9.47 Å². The maximum atomic E-state index is 11.6. The lowest BCUT2D eigenvalue weighted by atomic mass is 10.1. The van der Waals surface area contributed by atoms with E-state index < -0.39 is 17.4 Å². The molecule has 7 heteroatoms. The van der Waals surface area contributed by atoms with Gasteiger partial charge in [0.15, 0.2) is 0 Å². The van der Waals surface area contributed by atoms with E-state index in [1.165, 1.54) is 13.3 Å². The fourth-order valence-corrected chi connectivity index (χ4v) is 1.53. The van der Waals surface area contributed by atoms with Crippen molar-refractivity contribution in [3.05, 3.63) is 23.8 Å². The summed E-state index contributed by atoms with van der Waals surface area (Å²) in [6.07, 6.45) is 1.39. The molecule has 120 valence electrons. The molecular weight excluding hydrogens is 286 g/mol. The second kappa shape index (κ2) is 7.44. The van der Waals surface area contributed by atoms with Crippen LogP contribution in [0, 0.1) is 0 Å². The van der Waals surface area contributed by atoms with Gasteiger partial charge in [-0.15, -0.1) is 0 Å². The van der Waals surface area contributed by atoms with Crippen molar-refractivity contribution in [3.8, 4) is 11.5 Å². The van der Waals surface area contributed by atoms with Crippen LogP contribution in [-0.4, -0.2) is 37.8 Å². The average molecular weight is 307 g/mol. The van der Waals surface area contributed by atoms with Gasteiger partial charge in [0, 0.05) is 17.2 Å². The quantitative estimate of drug-likeness (QED) is 0.495. The first kappa shape index (κ1) is 17.5. The van der Waals surface area contributed by atoms with Crippen LogP contribution in [0.2, 0.25) is 0 Å². The molecule has 0 fully saturated rings. The van der Waals surface area contributed by atoms with Crippen LogP contribution in [0.3, 0.4) is 0 Å². The SMILES string of the molecule is COc1ccc(C=NNC(=O)C(=O)NC(C)(C)C)c(OC)c1. The molecule has 0 aromatic heterocycles. The van der Waals surface area contributed by atoms with Crippen molar-refractivity contribution in [2.24, 2.45) is 5.10 Å². The third kappa shape index (κ3) is 5.43. The summed E-state index contributed by atoms with van der Waals surface area (Å²) in [6, 6.07) is 5.15. The molecule has 2 N–H and O–H groups in total. The average Bonchev–Trinajstić information content (AvgIpc) is 2.45. The number of methoxy groups -OCH3 is 2. The van der Waals surface area contributed by atoms with Crippen molar-refractivity contribution in [1.29, 1.82) is 0 Å². The first-order chi connectivity index (χ1) is 10.3. The lowest BCUT2D eigenvalue weighted by molar-refractivity contribution is -0.140. The molecule has 22 heavy (non-hydrogen) atoms. The van der Waals surface area contributed by atoms with Gasteiger partial charge in [-0.1, -0.05) is 0 Å². The molecule has 0 heterocycles. The first-order valence-electron chi connectivity index (χ1n) is 6.64. The van der Waals surface area contributed by atoms with Gasteiger partial charge in [-0.25, -0.2) is 5.43 Å². The molecule has 0 aliphatic rings. The van der Waals surface area contributed by atoms with Gasteiger partial charge in [0.1, 0.15) is 11.5 Å². The fourth-order valence-electron chi connectivity index (χ4n) is 1.53. The Bertz CT molecular complexity index is 577. The number of hydrogen-bond donors (Lipinski definition) is 2. The predicted octanol–water partition coefficient (Wildman–Crippen LogP) is 1.07. The minimum Gasteiger partial charge on any atom is -0.497 e. The Hall–Kier alpha value is -2.57. The summed E-state index contributed by atoms with van der Waals surface area (Å²) in [6.45, 7) is 5.34. The number of rotatable bonds is 4. The van der Waals surface area contributed by atoms with Crippen molar-refractivity contribution in [1.82, 2.24) is 10.7 Å². The second-order valence-electron chi connectivity index (χ2n) is 5.51. The summed E-state index contributed by atoms with van der Waals surface area (Å²) >= 11 is 0. The molecule has 0 unspecified atom stereocenters. The summed E-state index contributed by atoms with van der Waals surface area (Å²) in [5.41, 5.74) is 2.32. The predicted molar refractivity (Wildman–Crippen MR) is 83.2 cm³/mol. The van der Waals surface area contributed by atoms with E-state index >= 15 is 0 Å². The van der Waals surface area contributed by atoms with Crippen LogP contribution in [0.4, 0.5) is 0 Å². The molecule has 0 saturated heterocycles. The van der Waals surface area contributed by atoms with E-state index in [9.17, 15) is 9.59 Å². The molecule has 0 saturated carbocycles. The summed E-state index contributed by atoms with van der Waals surface area (Å²) in [5.74, 6) is -0.399. The standard InChI is InChI=1S/C15H21N3O4/c1-15(2,3)17-13(19)14(20)18-16-9-10-6-7-11(21-4)8-12(10)22-5/h6-9H,1-5H3,(H,17,19)(H,18,20). The van der Waals surface area contributed by atoms with Gasteiger partial charge in [-0.2, -0.15) is 5.10 Å². The normalized spacial score (nSPS) is 11.1. The summed E-state index contributed by atoms with van der Waals surface area (Å²) in [5, 5.41) is 6.29. The molecule has 0 aliphatic carbocycles. The van der Waals surface area contributed by atoms with Crippen molar-refractivity contribution < 1.29 is 19.1 Å². The van der Waals surface area contributed by atoms with E-state index in [-0.39, 0.29) is 0 Å². The van der Waals surface area contributed by atoms with Gasteiger partial charge in [0.05, 0.1) is 20.4 Å². The maximum Gasteiger partial charge on any atom is 0.329 e. The number of benzene rings is 1. The highest BCUT2D eigenvalue weighted by atomic mass is 16.5. The van der Waals surface area contributed by atoms with E-state index in [1.807, 2.05) is 0 Å². The monoisotopic (exact) mass is 307 g/mol. The van der Waals surface area contributed by atoms with E-state index in [1.54, 1.807) is 46.1 Å². The number of nitrogens with one attached hydrogen (secondary N) is 2. The number of ether oxygens (including phenoxy) is 2. The van der Waals surface area contributed by atoms with Gasteiger partial charge in [0.2, 0.25) is 0 Å². The Kier molecular flexibility index (Phi) is 5.91. The van der Waals surface area contributed by atoms with Gasteiger partial charge >= 0.3 is 11.8 Å². The molecule has 7 nitrogen and oxygen atoms in total. The smallest absolute Gasteiger partial charge is 0.329 e. The molecule has 0 atom stereocenters. The number of hydrazone groups is 1. The number of hydrogen-bond acceptors (Lipinski definition) is 5. The van der Waals surface area contributed by atoms with Crippen molar-refractivity contribution in [2.75, 3.05) is 14.2 Å². The topological polar surface area (TPSA) is 89.0 Å². The Labute approximate surface area is 129 Å². The van der Waals surface area contributed by atoms with Crippen LogP contribution in [-0.2, 0) is 9.59 Å². The minimum atomic E-state index is -0.835.